The number of carbonyl (C=O) groups is 1. The van der Waals surface area contributed by atoms with Crippen molar-refractivity contribution < 1.29 is 23.1 Å². The molecule has 122 valence electrons. The molecule has 8 heteroatoms. The number of nitrogens with one attached hydrogen (secondary N) is 1. The molecular formula is C14H20N2O5S. The summed E-state index contributed by atoms with van der Waals surface area (Å²) in [6.07, 6.45) is 0.955. The number of anilines is 1. The van der Waals surface area contributed by atoms with Gasteiger partial charge in [-0.3, -0.25) is 4.79 Å². The molecule has 2 N–H and O–H groups in total. The molecule has 1 aliphatic heterocycles. The first-order valence-corrected chi connectivity index (χ1v) is 8.62. The lowest BCUT2D eigenvalue weighted by Gasteiger charge is -2.35. The third kappa shape index (κ3) is 3.50. The average molecular weight is 328 g/mol. The average Bonchev–Trinajstić information content (AvgIpc) is 2.51. The highest BCUT2D eigenvalue weighted by Gasteiger charge is 2.26. The molecule has 1 heterocycles. The van der Waals surface area contributed by atoms with Crippen LogP contribution in [0.3, 0.4) is 0 Å². The number of nitrogens with zero attached hydrogens (tertiary/aromatic N) is 1. The fraction of sp³-hybridized carbons (Fsp3) is 0.500. The number of ether oxygens (including phenoxy) is 1. The molecule has 1 aromatic rings. The quantitative estimate of drug-likeness (QED) is 0.810. The van der Waals surface area contributed by atoms with Gasteiger partial charge in [-0.05, 0) is 31.5 Å². The van der Waals surface area contributed by atoms with Gasteiger partial charge in [0, 0.05) is 6.54 Å². The van der Waals surface area contributed by atoms with Crippen LogP contribution in [0.15, 0.2) is 23.1 Å². The number of carboxylic acid groups (broad SMARTS) is 1. The summed E-state index contributed by atoms with van der Waals surface area (Å²) in [5.74, 6) is -0.581. The van der Waals surface area contributed by atoms with Crippen LogP contribution in [0.2, 0.25) is 0 Å². The molecule has 1 aromatic carbocycles. The van der Waals surface area contributed by atoms with Gasteiger partial charge < -0.3 is 14.7 Å². The summed E-state index contributed by atoms with van der Waals surface area (Å²) in [4.78, 5) is 12.6. The molecule has 22 heavy (non-hydrogen) atoms. The zero-order valence-electron chi connectivity index (χ0n) is 12.6. The molecule has 0 amide bonds. The maximum atomic E-state index is 12.1. The van der Waals surface area contributed by atoms with Crippen LogP contribution in [0.25, 0.3) is 0 Å². The summed E-state index contributed by atoms with van der Waals surface area (Å²) < 4.78 is 32.1. The van der Waals surface area contributed by atoms with Gasteiger partial charge in [0.2, 0.25) is 10.0 Å². The SMILES string of the molecule is CCC1CN(CC)c2cc(S(=O)(=O)NCC(=O)O)ccc2O1. The number of rotatable bonds is 6. The van der Waals surface area contributed by atoms with E-state index in [9.17, 15) is 13.2 Å². The minimum Gasteiger partial charge on any atom is -0.486 e. The molecule has 1 aliphatic rings. The molecule has 0 aliphatic carbocycles. The topological polar surface area (TPSA) is 95.9 Å². The van der Waals surface area contributed by atoms with E-state index in [4.69, 9.17) is 9.84 Å². The number of fused-ring (bicyclic) bond motifs is 1. The van der Waals surface area contributed by atoms with E-state index in [0.29, 0.717) is 18.0 Å². The van der Waals surface area contributed by atoms with Crippen molar-refractivity contribution in [1.29, 1.82) is 0 Å². The van der Waals surface area contributed by atoms with Crippen molar-refractivity contribution >= 4 is 21.7 Å². The molecule has 2 rings (SSSR count). The van der Waals surface area contributed by atoms with Crippen molar-refractivity contribution in [2.24, 2.45) is 0 Å². The Kier molecular flexibility index (Phi) is 4.92. The molecular weight excluding hydrogens is 308 g/mol. The third-order valence-electron chi connectivity index (χ3n) is 3.55. The lowest BCUT2D eigenvalue weighted by molar-refractivity contribution is -0.135. The Bertz CT molecular complexity index is 659. The van der Waals surface area contributed by atoms with E-state index >= 15 is 0 Å². The van der Waals surface area contributed by atoms with Gasteiger partial charge in [0.1, 0.15) is 18.4 Å². The first-order chi connectivity index (χ1) is 10.4. The van der Waals surface area contributed by atoms with Crippen molar-refractivity contribution in [3.63, 3.8) is 0 Å². The first kappa shape index (κ1) is 16.6. The second kappa shape index (κ2) is 6.53. The minimum atomic E-state index is -3.85. The predicted octanol–water partition coefficient (Wildman–Crippen LogP) is 1.05. The number of hydrogen-bond acceptors (Lipinski definition) is 5. The van der Waals surface area contributed by atoms with Crippen molar-refractivity contribution in [3.05, 3.63) is 18.2 Å². The van der Waals surface area contributed by atoms with E-state index in [1.165, 1.54) is 12.1 Å². The van der Waals surface area contributed by atoms with Crippen LogP contribution in [-0.4, -0.2) is 45.2 Å². The number of sulfonamides is 1. The highest BCUT2D eigenvalue weighted by atomic mass is 32.2. The van der Waals surface area contributed by atoms with Crippen LogP contribution in [-0.2, 0) is 14.8 Å². The normalized spacial score (nSPS) is 17.7. The van der Waals surface area contributed by atoms with Crippen molar-refractivity contribution in [2.75, 3.05) is 24.5 Å². The molecule has 0 bridgehead atoms. The number of likely N-dealkylation sites (N-methyl/N-ethyl adjacent to an activating group) is 1. The van der Waals surface area contributed by atoms with Crippen LogP contribution in [0, 0.1) is 0 Å². The fourth-order valence-electron chi connectivity index (χ4n) is 2.32. The summed E-state index contributed by atoms with van der Waals surface area (Å²) in [7, 11) is -3.85. The Morgan fingerprint density at radius 3 is 2.77 bits per heavy atom. The number of hydrogen-bond donors (Lipinski definition) is 2. The lowest BCUT2D eigenvalue weighted by atomic mass is 10.1. The standard InChI is InChI=1S/C14H20N2O5S/c1-3-10-9-16(4-2)12-7-11(5-6-13(12)21-10)22(19,20)15-8-14(17)18/h5-7,10,15H,3-4,8-9H2,1-2H3,(H,17,18). The maximum Gasteiger partial charge on any atom is 0.318 e. The summed E-state index contributed by atoms with van der Waals surface area (Å²) in [6, 6.07) is 4.57. The van der Waals surface area contributed by atoms with Crippen molar-refractivity contribution in [2.45, 2.75) is 31.3 Å². The molecule has 0 saturated carbocycles. The Labute approximate surface area is 129 Å². The van der Waals surface area contributed by atoms with Gasteiger partial charge in [0.05, 0.1) is 17.1 Å². The highest BCUT2D eigenvalue weighted by molar-refractivity contribution is 7.89. The Morgan fingerprint density at radius 1 is 1.45 bits per heavy atom. The highest BCUT2D eigenvalue weighted by Crippen LogP contribution is 2.35. The monoisotopic (exact) mass is 328 g/mol. The number of benzene rings is 1. The number of carboxylic acids is 1. The Hall–Kier alpha value is -1.80. The van der Waals surface area contributed by atoms with Gasteiger partial charge in [-0.25, -0.2) is 8.42 Å². The van der Waals surface area contributed by atoms with E-state index in [2.05, 4.69) is 4.90 Å². The molecule has 0 spiro atoms. The molecule has 0 aromatic heterocycles. The predicted molar refractivity (Wildman–Crippen MR) is 81.9 cm³/mol. The van der Waals surface area contributed by atoms with Gasteiger partial charge in [-0.1, -0.05) is 6.92 Å². The smallest absolute Gasteiger partial charge is 0.318 e. The van der Waals surface area contributed by atoms with Crippen molar-refractivity contribution in [3.8, 4) is 5.75 Å². The molecule has 0 fully saturated rings. The van der Waals surface area contributed by atoms with E-state index in [1.54, 1.807) is 6.07 Å². The van der Waals surface area contributed by atoms with Crippen molar-refractivity contribution in [1.82, 2.24) is 4.72 Å². The van der Waals surface area contributed by atoms with Crippen LogP contribution >= 0.6 is 0 Å². The molecule has 7 nitrogen and oxygen atoms in total. The maximum absolute atomic E-state index is 12.1. The van der Waals surface area contributed by atoms with Crippen LogP contribution in [0.4, 0.5) is 5.69 Å². The summed E-state index contributed by atoms with van der Waals surface area (Å²) in [6.45, 7) is 4.82. The van der Waals surface area contributed by atoms with E-state index in [1.807, 2.05) is 18.6 Å². The molecule has 0 radical (unpaired) electrons. The lowest BCUT2D eigenvalue weighted by Crippen LogP contribution is -2.39. The third-order valence-corrected chi connectivity index (χ3v) is 4.95. The molecule has 1 atom stereocenters. The summed E-state index contributed by atoms with van der Waals surface area (Å²) in [5.41, 5.74) is 0.713. The second-order valence-electron chi connectivity index (χ2n) is 5.03. The first-order valence-electron chi connectivity index (χ1n) is 7.14. The van der Waals surface area contributed by atoms with E-state index in [0.717, 1.165) is 13.0 Å². The zero-order valence-corrected chi connectivity index (χ0v) is 13.4. The summed E-state index contributed by atoms with van der Waals surface area (Å²) in [5, 5.41) is 8.60. The van der Waals surface area contributed by atoms with Gasteiger partial charge in [0.15, 0.2) is 0 Å². The largest absolute Gasteiger partial charge is 0.486 e. The minimum absolute atomic E-state index is 0.0319. The fourth-order valence-corrected chi connectivity index (χ4v) is 3.32. The van der Waals surface area contributed by atoms with Gasteiger partial charge in [0.25, 0.3) is 0 Å². The van der Waals surface area contributed by atoms with Crippen LogP contribution < -0.4 is 14.4 Å². The number of aliphatic carboxylic acids is 1. The Balaban J connectivity index is 2.33. The van der Waals surface area contributed by atoms with Gasteiger partial charge >= 0.3 is 5.97 Å². The van der Waals surface area contributed by atoms with E-state index < -0.39 is 22.5 Å². The van der Waals surface area contributed by atoms with Crippen LogP contribution in [0.1, 0.15) is 20.3 Å². The van der Waals surface area contributed by atoms with E-state index in [-0.39, 0.29) is 11.0 Å². The second-order valence-corrected chi connectivity index (χ2v) is 6.80. The molecule has 1 unspecified atom stereocenters. The van der Waals surface area contributed by atoms with Crippen LogP contribution in [0.5, 0.6) is 5.75 Å². The Morgan fingerprint density at radius 2 is 2.18 bits per heavy atom. The van der Waals surface area contributed by atoms with Gasteiger partial charge in [-0.2, -0.15) is 4.72 Å². The summed E-state index contributed by atoms with van der Waals surface area (Å²) >= 11 is 0. The zero-order chi connectivity index (χ0) is 16.3. The molecule has 0 saturated heterocycles. The van der Waals surface area contributed by atoms with Gasteiger partial charge in [-0.15, -0.1) is 0 Å².